The predicted molar refractivity (Wildman–Crippen MR) is 144 cm³/mol. The molecule has 3 heterocycles. The Morgan fingerprint density at radius 1 is 0.972 bits per heavy atom. The van der Waals surface area contributed by atoms with Crippen LogP contribution in [0.2, 0.25) is 0 Å². The molecule has 0 radical (unpaired) electrons. The summed E-state index contributed by atoms with van der Waals surface area (Å²) in [6.45, 7) is 0. The van der Waals surface area contributed by atoms with Crippen LogP contribution >= 0.6 is 15.9 Å². The van der Waals surface area contributed by atoms with Crippen molar-refractivity contribution in [2.24, 2.45) is 5.10 Å². The van der Waals surface area contributed by atoms with Gasteiger partial charge in [-0.2, -0.15) is 9.78 Å². The van der Waals surface area contributed by atoms with Crippen LogP contribution in [0.15, 0.2) is 110 Å². The average molecular weight is 539 g/mol. The first-order valence-electron chi connectivity index (χ1n) is 11.2. The lowest BCUT2D eigenvalue weighted by Gasteiger charge is -2.08. The van der Waals surface area contributed by atoms with E-state index in [0.29, 0.717) is 33.8 Å². The number of furan rings is 1. The van der Waals surface area contributed by atoms with Crippen LogP contribution in [0, 0.1) is 0 Å². The summed E-state index contributed by atoms with van der Waals surface area (Å²) in [4.78, 5) is 18.3. The summed E-state index contributed by atoms with van der Waals surface area (Å²) in [7, 11) is 1.61. The predicted octanol–water partition coefficient (Wildman–Crippen LogP) is 6.25. The highest BCUT2D eigenvalue weighted by atomic mass is 79.9. The fourth-order valence-corrected chi connectivity index (χ4v) is 4.43. The van der Waals surface area contributed by atoms with Crippen molar-refractivity contribution >= 4 is 44.0 Å². The highest BCUT2D eigenvalue weighted by Gasteiger charge is 2.18. The zero-order valence-corrected chi connectivity index (χ0v) is 20.7. The molecule has 0 unspecified atom stereocenters. The van der Waals surface area contributed by atoms with E-state index in [1.807, 2.05) is 83.6 Å². The maximum Gasteiger partial charge on any atom is 0.282 e. The normalized spacial score (nSPS) is 11.6. The number of fused-ring (bicyclic) bond motifs is 2. The highest BCUT2D eigenvalue weighted by Crippen LogP contribution is 2.32. The smallest absolute Gasteiger partial charge is 0.282 e. The van der Waals surface area contributed by atoms with E-state index in [1.165, 1.54) is 4.68 Å². The first kappa shape index (κ1) is 22.1. The van der Waals surface area contributed by atoms with E-state index in [2.05, 4.69) is 21.0 Å². The fourth-order valence-electron chi connectivity index (χ4n) is 4.17. The monoisotopic (exact) mass is 538 g/mol. The highest BCUT2D eigenvalue weighted by molar-refractivity contribution is 9.10. The molecule has 0 aliphatic heterocycles. The van der Waals surface area contributed by atoms with E-state index in [0.717, 1.165) is 21.2 Å². The van der Waals surface area contributed by atoms with E-state index in [9.17, 15) is 4.79 Å². The molecule has 0 N–H and O–H groups in total. The molecule has 36 heavy (non-hydrogen) atoms. The molecule has 0 saturated heterocycles. The summed E-state index contributed by atoms with van der Waals surface area (Å²) < 4.78 is 15.8. The number of ether oxygens (including phenoxy) is 1. The van der Waals surface area contributed by atoms with Gasteiger partial charge in [0.15, 0.2) is 5.76 Å². The average Bonchev–Trinajstić information content (AvgIpc) is 3.55. The number of para-hydroxylation sites is 1. The van der Waals surface area contributed by atoms with Crippen LogP contribution in [0.5, 0.6) is 5.75 Å². The number of nitrogens with zero attached hydrogens (tertiary/aromatic N) is 4. The summed E-state index contributed by atoms with van der Waals surface area (Å²) in [5.74, 6) is 1.39. The van der Waals surface area contributed by atoms with Crippen molar-refractivity contribution in [3.63, 3.8) is 0 Å². The molecule has 0 amide bonds. The minimum atomic E-state index is -0.291. The lowest BCUT2D eigenvalue weighted by Crippen LogP contribution is -2.20. The van der Waals surface area contributed by atoms with Crippen molar-refractivity contribution < 1.29 is 9.15 Å². The van der Waals surface area contributed by atoms with Gasteiger partial charge in [-0.1, -0.05) is 34.1 Å². The largest absolute Gasteiger partial charge is 0.496 e. The number of hydrogen-bond acceptors (Lipinski definition) is 5. The standard InChI is InChI=1S/C28H19BrN4O3/c1-35-24-9-4-10-25-22(24)16-26(36-25)27-31-23-8-3-2-7-21(23)28(34)33(27)30-17-20-6-5-15-32(20)19-13-11-18(29)12-14-19/h2-17H,1H3. The van der Waals surface area contributed by atoms with Gasteiger partial charge in [0.2, 0.25) is 5.82 Å². The number of hydrogen-bond donors (Lipinski definition) is 0. The number of halogens is 1. The van der Waals surface area contributed by atoms with Crippen LogP contribution in [0.25, 0.3) is 39.1 Å². The van der Waals surface area contributed by atoms with Crippen LogP contribution in [0.4, 0.5) is 0 Å². The zero-order chi connectivity index (χ0) is 24.6. The first-order chi connectivity index (χ1) is 17.6. The molecule has 0 fully saturated rings. The number of methoxy groups -OCH3 is 1. The van der Waals surface area contributed by atoms with E-state index in [-0.39, 0.29) is 5.56 Å². The van der Waals surface area contributed by atoms with E-state index in [1.54, 1.807) is 25.5 Å². The molecule has 0 atom stereocenters. The zero-order valence-electron chi connectivity index (χ0n) is 19.1. The quantitative estimate of drug-likeness (QED) is 0.243. The van der Waals surface area contributed by atoms with Crippen LogP contribution in [-0.2, 0) is 0 Å². The number of rotatable bonds is 5. The van der Waals surface area contributed by atoms with E-state index in [4.69, 9.17) is 14.1 Å². The third kappa shape index (κ3) is 3.81. The van der Waals surface area contributed by atoms with Gasteiger partial charge >= 0.3 is 0 Å². The minimum Gasteiger partial charge on any atom is -0.496 e. The van der Waals surface area contributed by atoms with Gasteiger partial charge in [-0.15, -0.1) is 0 Å². The summed E-state index contributed by atoms with van der Waals surface area (Å²) >= 11 is 3.47. The van der Waals surface area contributed by atoms with Gasteiger partial charge in [0, 0.05) is 16.4 Å². The van der Waals surface area contributed by atoms with Gasteiger partial charge in [-0.3, -0.25) is 4.79 Å². The summed E-state index contributed by atoms with van der Waals surface area (Å²) in [5, 5.41) is 5.84. The Labute approximate surface area is 214 Å². The molecule has 3 aromatic heterocycles. The Morgan fingerprint density at radius 3 is 2.64 bits per heavy atom. The fraction of sp³-hybridized carbons (Fsp3) is 0.0357. The number of benzene rings is 3. The molecule has 176 valence electrons. The summed E-state index contributed by atoms with van der Waals surface area (Å²) in [6.07, 6.45) is 3.59. The number of aromatic nitrogens is 3. The Morgan fingerprint density at radius 2 is 1.81 bits per heavy atom. The lowest BCUT2D eigenvalue weighted by molar-refractivity contribution is 0.419. The van der Waals surface area contributed by atoms with Crippen molar-refractivity contribution in [1.29, 1.82) is 0 Å². The second kappa shape index (κ2) is 8.98. The van der Waals surface area contributed by atoms with Gasteiger partial charge in [-0.25, -0.2) is 4.98 Å². The summed E-state index contributed by atoms with van der Waals surface area (Å²) in [6, 6.07) is 26.4. The van der Waals surface area contributed by atoms with Crippen molar-refractivity contribution in [1.82, 2.24) is 14.2 Å². The second-order valence-corrected chi connectivity index (χ2v) is 8.99. The van der Waals surface area contributed by atoms with Crippen molar-refractivity contribution in [2.45, 2.75) is 0 Å². The third-order valence-corrected chi connectivity index (χ3v) is 6.43. The van der Waals surface area contributed by atoms with Crippen molar-refractivity contribution in [3.8, 4) is 23.0 Å². The minimum absolute atomic E-state index is 0.291. The Kier molecular flexibility index (Phi) is 5.50. The third-order valence-electron chi connectivity index (χ3n) is 5.91. The van der Waals surface area contributed by atoms with E-state index < -0.39 is 0 Å². The molecule has 7 nitrogen and oxygen atoms in total. The van der Waals surface area contributed by atoms with Crippen LogP contribution in [-0.4, -0.2) is 27.6 Å². The van der Waals surface area contributed by atoms with E-state index >= 15 is 0 Å². The van der Waals surface area contributed by atoms with Crippen LogP contribution in [0.1, 0.15) is 5.69 Å². The Bertz CT molecular complexity index is 1810. The van der Waals surface area contributed by atoms with Crippen LogP contribution < -0.4 is 10.3 Å². The van der Waals surface area contributed by atoms with Crippen molar-refractivity contribution in [2.75, 3.05) is 7.11 Å². The van der Waals surface area contributed by atoms with Gasteiger partial charge in [0.05, 0.1) is 35.3 Å². The van der Waals surface area contributed by atoms with Gasteiger partial charge in [-0.05, 0) is 66.7 Å². The topological polar surface area (TPSA) is 74.6 Å². The van der Waals surface area contributed by atoms with Gasteiger partial charge in [0.25, 0.3) is 5.56 Å². The second-order valence-electron chi connectivity index (χ2n) is 8.08. The molecular weight excluding hydrogens is 520 g/mol. The Hall–Kier alpha value is -4.43. The van der Waals surface area contributed by atoms with Crippen molar-refractivity contribution in [3.05, 3.63) is 112 Å². The molecule has 0 spiro atoms. The Balaban J connectivity index is 1.53. The first-order valence-corrected chi connectivity index (χ1v) is 12.0. The molecule has 0 aliphatic carbocycles. The SMILES string of the molecule is COc1cccc2oc(-c3nc4ccccc4c(=O)n3N=Cc3cccn3-c3ccc(Br)cc3)cc12. The molecule has 3 aromatic carbocycles. The molecule has 6 aromatic rings. The molecule has 0 saturated carbocycles. The molecule has 0 aliphatic rings. The lowest BCUT2D eigenvalue weighted by atomic mass is 10.2. The molecule has 0 bridgehead atoms. The van der Waals surface area contributed by atoms with Gasteiger partial charge < -0.3 is 13.7 Å². The van der Waals surface area contributed by atoms with Gasteiger partial charge in [0.1, 0.15) is 11.3 Å². The molecular formula is C28H19BrN4O3. The van der Waals surface area contributed by atoms with Crippen LogP contribution in [0.3, 0.4) is 0 Å². The maximum atomic E-state index is 13.5. The maximum absolute atomic E-state index is 13.5. The molecule has 8 heteroatoms. The molecule has 6 rings (SSSR count). The summed E-state index contributed by atoms with van der Waals surface area (Å²) in [5.41, 5.74) is 2.68.